The summed E-state index contributed by atoms with van der Waals surface area (Å²) in [5.41, 5.74) is 3.94. The summed E-state index contributed by atoms with van der Waals surface area (Å²) >= 11 is 0. The van der Waals surface area contributed by atoms with Crippen molar-refractivity contribution in [3.05, 3.63) is 94.7 Å². The van der Waals surface area contributed by atoms with Gasteiger partial charge in [-0.2, -0.15) is 13.2 Å². The highest BCUT2D eigenvalue weighted by atomic mass is 19.4. The number of hydrogen-bond donors (Lipinski definition) is 3. The number of amides is 1. The van der Waals surface area contributed by atoms with E-state index in [-0.39, 0.29) is 16.9 Å². The number of nitrogens with one attached hydrogen (secondary N) is 3. The van der Waals surface area contributed by atoms with Crippen molar-refractivity contribution >= 4 is 29.5 Å². The van der Waals surface area contributed by atoms with Gasteiger partial charge < -0.3 is 20.5 Å². The first-order valence-electron chi connectivity index (χ1n) is 12.3. The number of carbonyl (C=O) groups is 1. The van der Waals surface area contributed by atoms with Crippen LogP contribution >= 0.6 is 0 Å². The lowest BCUT2D eigenvalue weighted by Crippen LogP contribution is -2.35. The number of dihydropyridines is 1. The van der Waals surface area contributed by atoms with Gasteiger partial charge in [0.25, 0.3) is 5.91 Å². The van der Waals surface area contributed by atoms with Gasteiger partial charge in [-0.25, -0.2) is 4.98 Å². The van der Waals surface area contributed by atoms with Crippen LogP contribution in [0.25, 0.3) is 5.69 Å². The van der Waals surface area contributed by atoms with Crippen molar-refractivity contribution < 1.29 is 18.0 Å². The molecule has 3 aromatic rings. The molecular weight excluding hydrogens is 507 g/mol. The number of aromatic nitrogens is 2. The Kier molecular flexibility index (Phi) is 7.05. The topological polar surface area (TPSA) is 95.7 Å². The predicted octanol–water partition coefficient (Wildman–Crippen LogP) is 5.42. The van der Waals surface area contributed by atoms with Crippen LogP contribution in [0, 0.1) is 13.8 Å². The second kappa shape index (κ2) is 10.6. The van der Waals surface area contributed by atoms with Gasteiger partial charge in [0, 0.05) is 53.7 Å². The summed E-state index contributed by atoms with van der Waals surface area (Å²) in [5, 5.41) is 9.17. The fraction of sp³-hybridized carbons (Fsp3) is 0.214. The Balaban J connectivity index is 1.37. The maximum Gasteiger partial charge on any atom is 0.416 e. The number of allylic oxidation sites excluding steroid dienone is 1. The average molecular weight is 534 g/mol. The van der Waals surface area contributed by atoms with E-state index in [0.29, 0.717) is 30.4 Å². The van der Waals surface area contributed by atoms with Gasteiger partial charge in [-0.3, -0.25) is 14.8 Å². The minimum atomic E-state index is -4.59. The number of anilines is 2. The number of benzene rings is 2. The van der Waals surface area contributed by atoms with Crippen LogP contribution in [0.5, 0.6) is 0 Å². The Morgan fingerprint density at radius 3 is 2.69 bits per heavy atom. The third-order valence-corrected chi connectivity index (χ3v) is 6.30. The number of imidazole rings is 1. The van der Waals surface area contributed by atoms with Crippen LogP contribution in [-0.2, 0) is 6.18 Å². The van der Waals surface area contributed by atoms with E-state index in [4.69, 9.17) is 0 Å². The molecule has 11 heteroatoms. The summed E-state index contributed by atoms with van der Waals surface area (Å²) in [6.07, 6.45) is 4.88. The molecule has 0 unspecified atom stereocenters. The lowest BCUT2D eigenvalue weighted by molar-refractivity contribution is -0.137. The van der Waals surface area contributed by atoms with Gasteiger partial charge in [0.15, 0.2) is 5.96 Å². The van der Waals surface area contributed by atoms with E-state index < -0.39 is 17.6 Å². The van der Waals surface area contributed by atoms with E-state index in [1.54, 1.807) is 37.5 Å². The molecule has 0 spiro atoms. The third-order valence-electron chi connectivity index (χ3n) is 6.30. The molecule has 0 fully saturated rings. The van der Waals surface area contributed by atoms with E-state index in [9.17, 15) is 18.0 Å². The Labute approximate surface area is 223 Å². The molecule has 1 aromatic heterocycles. The predicted molar refractivity (Wildman–Crippen MR) is 146 cm³/mol. The number of guanidine groups is 1. The zero-order valence-electron chi connectivity index (χ0n) is 21.3. The minimum Gasteiger partial charge on any atom is -0.329 e. The number of hydrogen-bond acceptors (Lipinski definition) is 6. The molecule has 2 aliphatic heterocycles. The van der Waals surface area contributed by atoms with Crippen LogP contribution in [0.15, 0.2) is 82.3 Å². The monoisotopic (exact) mass is 533 g/mol. The standard InChI is InChI=1S/C28H26F3N7O/c1-17-5-6-19(10-25(17)37-27-33-9-7-24(36-27)20-4-3-8-32-14-20)26(39)35-22-11-21(28(29,30)31)12-23(13-22)38-15-18(2)34-16-38/h3-6,8,10-13,15-16H,7,9,14H2,1-2H3,(H,35,39)(H2,33,36,37). The van der Waals surface area contributed by atoms with Crippen molar-refractivity contribution in [2.75, 3.05) is 23.7 Å². The van der Waals surface area contributed by atoms with Gasteiger partial charge in [-0.1, -0.05) is 12.1 Å². The zero-order valence-corrected chi connectivity index (χ0v) is 21.3. The van der Waals surface area contributed by atoms with Crippen LogP contribution in [0.4, 0.5) is 24.5 Å². The van der Waals surface area contributed by atoms with Crippen LogP contribution < -0.4 is 16.0 Å². The highest BCUT2D eigenvalue weighted by Crippen LogP contribution is 2.33. The average Bonchev–Trinajstić information content (AvgIpc) is 3.36. The zero-order chi connectivity index (χ0) is 27.6. The molecule has 0 radical (unpaired) electrons. The van der Waals surface area contributed by atoms with Gasteiger partial charge in [0.2, 0.25) is 0 Å². The SMILES string of the molecule is Cc1cn(-c2cc(NC(=O)c3ccc(C)c(NC4=NCCC(=C5C=CC=NC5)N4)c3)cc(C(F)(F)F)c2)cn1. The Morgan fingerprint density at radius 2 is 1.97 bits per heavy atom. The number of rotatable bonds is 4. The first kappa shape index (κ1) is 26.0. The molecule has 3 N–H and O–H groups in total. The number of aliphatic imine (C=N–C) groups is 2. The molecular formula is C28H26F3N7O. The first-order chi connectivity index (χ1) is 18.7. The summed E-state index contributed by atoms with van der Waals surface area (Å²) in [4.78, 5) is 26.0. The van der Waals surface area contributed by atoms with Crippen LogP contribution in [0.3, 0.4) is 0 Å². The Morgan fingerprint density at radius 1 is 1.13 bits per heavy atom. The minimum absolute atomic E-state index is 0.0176. The third kappa shape index (κ3) is 6.08. The molecule has 0 bridgehead atoms. The molecule has 3 heterocycles. The molecule has 2 aromatic carbocycles. The maximum absolute atomic E-state index is 13.6. The summed E-state index contributed by atoms with van der Waals surface area (Å²) in [6, 6.07) is 8.44. The molecule has 5 rings (SSSR count). The lowest BCUT2D eigenvalue weighted by atomic mass is 10.1. The number of aryl methyl sites for hydroxylation is 2. The summed E-state index contributed by atoms with van der Waals surface area (Å²) in [6.45, 7) is 4.82. The molecule has 200 valence electrons. The fourth-order valence-electron chi connectivity index (χ4n) is 4.24. The Bertz CT molecular complexity index is 1550. The van der Waals surface area contributed by atoms with Crippen molar-refractivity contribution in [1.29, 1.82) is 0 Å². The molecule has 1 amide bonds. The van der Waals surface area contributed by atoms with Crippen molar-refractivity contribution in [3.63, 3.8) is 0 Å². The van der Waals surface area contributed by atoms with E-state index in [1.165, 1.54) is 17.0 Å². The first-order valence-corrected chi connectivity index (χ1v) is 12.3. The Hall–Kier alpha value is -4.67. The van der Waals surface area contributed by atoms with E-state index in [0.717, 1.165) is 35.4 Å². The number of alkyl halides is 3. The number of nitrogens with zero attached hydrogens (tertiary/aromatic N) is 4. The quantitative estimate of drug-likeness (QED) is 0.418. The van der Waals surface area contributed by atoms with Crippen molar-refractivity contribution in [2.45, 2.75) is 26.4 Å². The molecule has 0 saturated heterocycles. The van der Waals surface area contributed by atoms with E-state index in [2.05, 4.69) is 30.9 Å². The molecule has 8 nitrogen and oxygen atoms in total. The van der Waals surface area contributed by atoms with Gasteiger partial charge >= 0.3 is 6.18 Å². The van der Waals surface area contributed by atoms with Gasteiger partial charge in [-0.15, -0.1) is 0 Å². The molecule has 0 aliphatic carbocycles. The van der Waals surface area contributed by atoms with E-state index >= 15 is 0 Å². The lowest BCUT2D eigenvalue weighted by Gasteiger charge is -2.22. The van der Waals surface area contributed by atoms with Crippen molar-refractivity contribution in [2.24, 2.45) is 9.98 Å². The molecule has 0 atom stereocenters. The highest BCUT2D eigenvalue weighted by molar-refractivity contribution is 6.06. The molecule has 2 aliphatic rings. The van der Waals surface area contributed by atoms with Crippen LogP contribution in [0.2, 0.25) is 0 Å². The van der Waals surface area contributed by atoms with Gasteiger partial charge in [0.05, 0.1) is 24.1 Å². The second-order valence-electron chi connectivity index (χ2n) is 9.26. The fourth-order valence-corrected chi connectivity index (χ4v) is 4.24. The summed E-state index contributed by atoms with van der Waals surface area (Å²) in [7, 11) is 0. The maximum atomic E-state index is 13.6. The van der Waals surface area contributed by atoms with E-state index in [1.807, 2.05) is 19.1 Å². The largest absolute Gasteiger partial charge is 0.416 e. The van der Waals surface area contributed by atoms with Gasteiger partial charge in [-0.05, 0) is 61.4 Å². The summed E-state index contributed by atoms with van der Waals surface area (Å²) < 4.78 is 42.3. The smallest absolute Gasteiger partial charge is 0.329 e. The molecule has 39 heavy (non-hydrogen) atoms. The number of halogens is 3. The summed E-state index contributed by atoms with van der Waals surface area (Å²) in [5.74, 6) is 0.00203. The van der Waals surface area contributed by atoms with Crippen molar-refractivity contribution in [1.82, 2.24) is 14.9 Å². The number of carbonyl (C=O) groups excluding carboxylic acids is 1. The highest BCUT2D eigenvalue weighted by Gasteiger charge is 2.31. The van der Waals surface area contributed by atoms with Crippen LogP contribution in [0.1, 0.15) is 33.6 Å². The second-order valence-corrected chi connectivity index (χ2v) is 9.26. The molecule has 0 saturated carbocycles. The normalized spacial score (nSPS) is 17.0. The van der Waals surface area contributed by atoms with Crippen LogP contribution in [-0.4, -0.2) is 40.7 Å². The van der Waals surface area contributed by atoms with Gasteiger partial charge in [0.1, 0.15) is 0 Å². The van der Waals surface area contributed by atoms with Crippen molar-refractivity contribution in [3.8, 4) is 5.69 Å².